The Hall–Kier alpha value is -1.55. The summed E-state index contributed by atoms with van der Waals surface area (Å²) in [5.74, 6) is 1.04. The summed E-state index contributed by atoms with van der Waals surface area (Å²) in [4.78, 5) is 2.39. The van der Waals surface area contributed by atoms with E-state index in [0.717, 1.165) is 19.6 Å². The lowest BCUT2D eigenvalue weighted by Crippen LogP contribution is -2.33. The van der Waals surface area contributed by atoms with Crippen LogP contribution >= 0.6 is 0 Å². The molecular formula is C14H21N3O. The second-order valence-corrected chi connectivity index (χ2v) is 5.08. The molecule has 3 N–H and O–H groups in total. The normalized spacial score (nSPS) is 23.2. The van der Waals surface area contributed by atoms with Gasteiger partial charge in [0.25, 0.3) is 0 Å². The number of hydrogen-bond acceptors (Lipinski definition) is 3. The molecule has 4 nitrogen and oxygen atoms in total. The van der Waals surface area contributed by atoms with Crippen molar-refractivity contribution in [2.75, 3.05) is 19.6 Å². The van der Waals surface area contributed by atoms with Crippen LogP contribution in [0.2, 0.25) is 0 Å². The first-order chi connectivity index (χ1) is 8.70. The lowest BCUT2D eigenvalue weighted by Gasteiger charge is -2.20. The molecule has 0 aliphatic carbocycles. The maximum absolute atomic E-state index is 8.65. The third-order valence-electron chi connectivity index (χ3n) is 3.70. The molecule has 1 fully saturated rings. The van der Waals surface area contributed by atoms with Crippen LogP contribution in [0, 0.1) is 5.92 Å². The Kier molecular flexibility index (Phi) is 4.20. The number of rotatable bonds is 4. The first kappa shape index (κ1) is 12.9. The highest BCUT2D eigenvalue weighted by Crippen LogP contribution is 2.27. The fourth-order valence-corrected chi connectivity index (χ4v) is 2.58. The zero-order valence-electron chi connectivity index (χ0n) is 10.8. The first-order valence-electron chi connectivity index (χ1n) is 6.45. The Morgan fingerprint density at radius 3 is 2.89 bits per heavy atom. The molecule has 98 valence electrons. The van der Waals surface area contributed by atoms with E-state index in [9.17, 15) is 0 Å². The van der Waals surface area contributed by atoms with Crippen molar-refractivity contribution in [2.45, 2.75) is 19.3 Å². The van der Waals surface area contributed by atoms with E-state index in [-0.39, 0.29) is 5.92 Å². The molecule has 1 saturated heterocycles. The second-order valence-electron chi connectivity index (χ2n) is 5.08. The van der Waals surface area contributed by atoms with Gasteiger partial charge in [-0.3, -0.25) is 0 Å². The molecule has 2 atom stereocenters. The van der Waals surface area contributed by atoms with Gasteiger partial charge in [-0.2, -0.15) is 0 Å². The minimum atomic E-state index is 0.101. The molecule has 1 aliphatic heterocycles. The molecule has 18 heavy (non-hydrogen) atoms. The van der Waals surface area contributed by atoms with Gasteiger partial charge in [-0.05, 0) is 24.4 Å². The van der Waals surface area contributed by atoms with Gasteiger partial charge in [-0.1, -0.05) is 42.4 Å². The summed E-state index contributed by atoms with van der Waals surface area (Å²) >= 11 is 0. The van der Waals surface area contributed by atoms with Crippen molar-refractivity contribution in [3.63, 3.8) is 0 Å². The summed E-state index contributed by atoms with van der Waals surface area (Å²) in [6, 6.07) is 10.6. The van der Waals surface area contributed by atoms with Crippen LogP contribution in [0.25, 0.3) is 0 Å². The molecular weight excluding hydrogens is 226 g/mol. The topological polar surface area (TPSA) is 61.8 Å². The lowest BCUT2D eigenvalue weighted by molar-refractivity contribution is 0.294. The van der Waals surface area contributed by atoms with Gasteiger partial charge >= 0.3 is 0 Å². The third kappa shape index (κ3) is 3.01. The fourth-order valence-electron chi connectivity index (χ4n) is 2.58. The molecule has 4 heteroatoms. The maximum Gasteiger partial charge on any atom is 0.143 e. The highest BCUT2D eigenvalue weighted by Gasteiger charge is 2.25. The Labute approximate surface area is 108 Å². The van der Waals surface area contributed by atoms with Crippen LogP contribution in [0.4, 0.5) is 0 Å². The number of oxime groups is 1. The summed E-state index contributed by atoms with van der Waals surface area (Å²) in [5.41, 5.74) is 7.03. The van der Waals surface area contributed by atoms with Gasteiger partial charge in [0.05, 0.1) is 0 Å². The molecule has 0 radical (unpaired) electrons. The summed E-state index contributed by atoms with van der Waals surface area (Å²) < 4.78 is 0. The van der Waals surface area contributed by atoms with Crippen LogP contribution in [0.5, 0.6) is 0 Å². The predicted molar refractivity (Wildman–Crippen MR) is 72.8 cm³/mol. The molecule has 0 amide bonds. The molecule has 2 rings (SSSR count). The smallest absolute Gasteiger partial charge is 0.143 e. The van der Waals surface area contributed by atoms with Crippen LogP contribution in [0.1, 0.15) is 24.8 Å². The van der Waals surface area contributed by atoms with Gasteiger partial charge in [-0.15, -0.1) is 0 Å². The third-order valence-corrected chi connectivity index (χ3v) is 3.70. The zero-order chi connectivity index (χ0) is 13.0. The van der Waals surface area contributed by atoms with Crippen molar-refractivity contribution in [1.29, 1.82) is 0 Å². The fraction of sp³-hybridized carbons (Fsp3) is 0.500. The Morgan fingerprint density at radius 1 is 1.50 bits per heavy atom. The summed E-state index contributed by atoms with van der Waals surface area (Å²) in [5, 5.41) is 11.7. The van der Waals surface area contributed by atoms with E-state index in [1.807, 2.05) is 6.92 Å². The molecule has 0 bridgehead atoms. The summed E-state index contributed by atoms with van der Waals surface area (Å²) in [7, 11) is 0. The lowest BCUT2D eigenvalue weighted by atomic mass is 9.99. The highest BCUT2D eigenvalue weighted by molar-refractivity contribution is 5.82. The van der Waals surface area contributed by atoms with Gasteiger partial charge in [0, 0.05) is 19.0 Å². The van der Waals surface area contributed by atoms with E-state index < -0.39 is 0 Å². The predicted octanol–water partition coefficient (Wildman–Crippen LogP) is 1.86. The molecule has 1 aliphatic rings. The van der Waals surface area contributed by atoms with E-state index in [4.69, 9.17) is 10.9 Å². The van der Waals surface area contributed by atoms with Crippen LogP contribution in [-0.2, 0) is 0 Å². The number of nitrogens with two attached hydrogens (primary N) is 1. The quantitative estimate of drug-likeness (QED) is 0.369. The maximum atomic E-state index is 8.65. The van der Waals surface area contributed by atoms with E-state index in [0.29, 0.717) is 11.8 Å². The van der Waals surface area contributed by atoms with Gasteiger partial charge in [0.1, 0.15) is 5.84 Å². The van der Waals surface area contributed by atoms with Crippen molar-refractivity contribution in [1.82, 2.24) is 4.90 Å². The van der Waals surface area contributed by atoms with Crippen molar-refractivity contribution < 1.29 is 5.21 Å². The van der Waals surface area contributed by atoms with Crippen molar-refractivity contribution in [2.24, 2.45) is 16.8 Å². The SMILES string of the molecule is CC(CN1CCC(c2ccccc2)C1)C(N)=NO. The molecule has 2 unspecified atom stereocenters. The Balaban J connectivity index is 1.89. The zero-order valence-corrected chi connectivity index (χ0v) is 10.8. The van der Waals surface area contributed by atoms with Crippen LogP contribution in [0.3, 0.4) is 0 Å². The second kappa shape index (κ2) is 5.87. The molecule has 0 saturated carbocycles. The average molecular weight is 247 g/mol. The van der Waals surface area contributed by atoms with Crippen LogP contribution in [0.15, 0.2) is 35.5 Å². The van der Waals surface area contributed by atoms with E-state index in [1.165, 1.54) is 12.0 Å². The van der Waals surface area contributed by atoms with Gasteiger partial charge in [0.2, 0.25) is 0 Å². The summed E-state index contributed by atoms with van der Waals surface area (Å²) in [6.45, 7) is 5.00. The monoisotopic (exact) mass is 247 g/mol. The van der Waals surface area contributed by atoms with Crippen molar-refractivity contribution in [3.05, 3.63) is 35.9 Å². The number of amidine groups is 1. The minimum Gasteiger partial charge on any atom is -0.409 e. The van der Waals surface area contributed by atoms with Crippen LogP contribution < -0.4 is 5.73 Å². The Morgan fingerprint density at radius 2 is 2.22 bits per heavy atom. The van der Waals surface area contributed by atoms with Crippen molar-refractivity contribution in [3.8, 4) is 0 Å². The highest BCUT2D eigenvalue weighted by atomic mass is 16.4. The van der Waals surface area contributed by atoms with Gasteiger partial charge < -0.3 is 15.8 Å². The largest absolute Gasteiger partial charge is 0.409 e. The standard InChI is InChI=1S/C14H21N3O/c1-11(14(15)16-18)9-17-8-7-13(10-17)12-5-3-2-4-6-12/h2-6,11,13,18H,7-10H2,1H3,(H2,15,16). The first-order valence-corrected chi connectivity index (χ1v) is 6.45. The van der Waals surface area contributed by atoms with E-state index in [1.54, 1.807) is 0 Å². The molecule has 1 aromatic rings. The van der Waals surface area contributed by atoms with Gasteiger partial charge in [-0.25, -0.2) is 0 Å². The molecule has 1 aromatic carbocycles. The number of benzene rings is 1. The minimum absolute atomic E-state index is 0.101. The number of likely N-dealkylation sites (tertiary alicyclic amines) is 1. The van der Waals surface area contributed by atoms with E-state index >= 15 is 0 Å². The summed E-state index contributed by atoms with van der Waals surface area (Å²) in [6.07, 6.45) is 1.19. The number of hydrogen-bond donors (Lipinski definition) is 2. The van der Waals surface area contributed by atoms with Gasteiger partial charge in [0.15, 0.2) is 0 Å². The van der Waals surface area contributed by atoms with Crippen LogP contribution in [-0.4, -0.2) is 35.6 Å². The molecule has 1 heterocycles. The molecule has 0 spiro atoms. The molecule has 0 aromatic heterocycles. The van der Waals surface area contributed by atoms with Crippen molar-refractivity contribution >= 4 is 5.84 Å². The average Bonchev–Trinajstić information content (AvgIpc) is 2.87. The number of nitrogens with zero attached hydrogens (tertiary/aromatic N) is 2. The Bertz CT molecular complexity index is 405. The van der Waals surface area contributed by atoms with E-state index in [2.05, 4.69) is 40.4 Å².